The Hall–Kier alpha value is -3.56. The number of rotatable bonds is 3. The lowest BCUT2D eigenvalue weighted by Crippen LogP contribution is -2.38. The standard InChI is InChI=1S/C26H22F6N2O2/c1-15-12-34(13-17-8-19(25(27,28)29)10-20(9-17)26(30,31)32)24(35)22-21(18-6-4-3-5-7-18)16(2)11-33-23(22)36-14-15/h3-11,15H,12-14H2,1-2H3. The van der Waals surface area contributed by atoms with Crippen molar-refractivity contribution in [3.8, 4) is 17.0 Å². The SMILES string of the molecule is Cc1cnc2c(c1-c1ccccc1)C(=O)N(Cc1cc(C(F)(F)F)cc(C(F)(F)F)c1)CC(C)CO2. The van der Waals surface area contributed by atoms with E-state index in [9.17, 15) is 31.1 Å². The fourth-order valence-electron chi connectivity index (χ4n) is 4.23. The maximum atomic E-state index is 13.8. The van der Waals surface area contributed by atoms with Gasteiger partial charge in [0.1, 0.15) is 5.56 Å². The maximum Gasteiger partial charge on any atom is 0.416 e. The summed E-state index contributed by atoms with van der Waals surface area (Å²) in [5.74, 6) is -0.767. The smallest absolute Gasteiger partial charge is 0.416 e. The molecule has 0 fully saturated rings. The molecule has 0 radical (unpaired) electrons. The van der Waals surface area contributed by atoms with Crippen LogP contribution in [-0.2, 0) is 18.9 Å². The molecular formula is C26H22F6N2O2. The summed E-state index contributed by atoms with van der Waals surface area (Å²) < 4.78 is 86.1. The van der Waals surface area contributed by atoms with Crippen molar-refractivity contribution in [2.45, 2.75) is 32.7 Å². The zero-order valence-corrected chi connectivity index (χ0v) is 19.4. The summed E-state index contributed by atoms with van der Waals surface area (Å²) in [6, 6.07) is 10.3. The van der Waals surface area contributed by atoms with Crippen molar-refractivity contribution in [3.05, 3.63) is 82.5 Å². The van der Waals surface area contributed by atoms with E-state index in [0.29, 0.717) is 28.8 Å². The predicted molar refractivity (Wildman–Crippen MR) is 120 cm³/mol. The molecule has 1 unspecified atom stereocenters. The lowest BCUT2D eigenvalue weighted by Gasteiger charge is -2.31. The highest BCUT2D eigenvalue weighted by Gasteiger charge is 2.37. The van der Waals surface area contributed by atoms with Crippen molar-refractivity contribution in [3.63, 3.8) is 0 Å². The molecule has 0 aliphatic carbocycles. The second-order valence-electron chi connectivity index (χ2n) is 8.88. The molecule has 1 aliphatic heterocycles. The van der Waals surface area contributed by atoms with E-state index in [1.54, 1.807) is 44.3 Å². The van der Waals surface area contributed by atoms with Crippen molar-refractivity contribution >= 4 is 5.91 Å². The highest BCUT2D eigenvalue weighted by atomic mass is 19.4. The summed E-state index contributed by atoms with van der Waals surface area (Å²) in [5.41, 5.74) is -1.08. The topological polar surface area (TPSA) is 42.4 Å². The average Bonchev–Trinajstić information content (AvgIpc) is 2.80. The molecule has 2 heterocycles. The van der Waals surface area contributed by atoms with Crippen molar-refractivity contribution in [2.24, 2.45) is 5.92 Å². The number of benzene rings is 2. The molecule has 10 heteroatoms. The number of hydrogen-bond acceptors (Lipinski definition) is 3. The number of hydrogen-bond donors (Lipinski definition) is 0. The van der Waals surface area contributed by atoms with Gasteiger partial charge < -0.3 is 9.64 Å². The van der Waals surface area contributed by atoms with Crippen LogP contribution in [0.5, 0.6) is 5.88 Å². The summed E-state index contributed by atoms with van der Waals surface area (Å²) in [4.78, 5) is 19.3. The summed E-state index contributed by atoms with van der Waals surface area (Å²) in [6.45, 7) is 3.31. The molecule has 0 spiro atoms. The van der Waals surface area contributed by atoms with E-state index in [1.165, 1.54) is 4.90 Å². The van der Waals surface area contributed by atoms with Crippen molar-refractivity contribution in [2.75, 3.05) is 13.2 Å². The van der Waals surface area contributed by atoms with Crippen LogP contribution in [0.15, 0.2) is 54.7 Å². The third-order valence-electron chi connectivity index (χ3n) is 5.85. The van der Waals surface area contributed by atoms with Crippen LogP contribution in [0, 0.1) is 12.8 Å². The van der Waals surface area contributed by atoms with Crippen LogP contribution in [0.2, 0.25) is 0 Å². The van der Waals surface area contributed by atoms with Gasteiger partial charge in [-0.05, 0) is 41.8 Å². The molecule has 0 saturated carbocycles. The van der Waals surface area contributed by atoms with Gasteiger partial charge in [0.25, 0.3) is 5.91 Å². The van der Waals surface area contributed by atoms with Crippen LogP contribution in [0.1, 0.15) is 39.5 Å². The lowest BCUT2D eigenvalue weighted by atomic mass is 9.95. The first-order valence-electron chi connectivity index (χ1n) is 11.1. The van der Waals surface area contributed by atoms with E-state index in [-0.39, 0.29) is 42.1 Å². The van der Waals surface area contributed by atoms with Crippen molar-refractivity contribution in [1.82, 2.24) is 9.88 Å². The predicted octanol–water partition coefficient (Wildman–Crippen LogP) is 6.77. The number of fused-ring (bicyclic) bond motifs is 1. The van der Waals surface area contributed by atoms with E-state index < -0.39 is 35.9 Å². The molecule has 1 amide bonds. The fourth-order valence-corrected chi connectivity index (χ4v) is 4.23. The number of halogens is 6. The van der Waals surface area contributed by atoms with Crippen LogP contribution in [0.4, 0.5) is 26.3 Å². The Morgan fingerprint density at radius 1 is 0.972 bits per heavy atom. The van der Waals surface area contributed by atoms with Gasteiger partial charge in [-0.15, -0.1) is 0 Å². The summed E-state index contributed by atoms with van der Waals surface area (Å²) in [5, 5.41) is 0. The van der Waals surface area contributed by atoms with Gasteiger partial charge in [-0.3, -0.25) is 4.79 Å². The van der Waals surface area contributed by atoms with Gasteiger partial charge in [0, 0.05) is 30.8 Å². The molecule has 0 N–H and O–H groups in total. The van der Waals surface area contributed by atoms with Crippen LogP contribution in [0.3, 0.4) is 0 Å². The Bertz CT molecular complexity index is 1240. The zero-order chi connectivity index (χ0) is 26.3. The Morgan fingerprint density at radius 2 is 1.58 bits per heavy atom. The highest BCUT2D eigenvalue weighted by Crippen LogP contribution is 2.38. The van der Waals surface area contributed by atoms with E-state index >= 15 is 0 Å². The maximum absolute atomic E-state index is 13.8. The fraction of sp³-hybridized carbons (Fsp3) is 0.308. The van der Waals surface area contributed by atoms with Crippen LogP contribution >= 0.6 is 0 Å². The first kappa shape index (κ1) is 25.5. The molecule has 1 atom stereocenters. The largest absolute Gasteiger partial charge is 0.477 e. The van der Waals surface area contributed by atoms with Crippen LogP contribution < -0.4 is 4.74 Å². The van der Waals surface area contributed by atoms with E-state index in [4.69, 9.17) is 4.74 Å². The number of aromatic nitrogens is 1. The summed E-state index contributed by atoms with van der Waals surface area (Å²) >= 11 is 0. The van der Waals surface area contributed by atoms with Gasteiger partial charge in [0.05, 0.1) is 17.7 Å². The lowest BCUT2D eigenvalue weighted by molar-refractivity contribution is -0.143. The first-order valence-corrected chi connectivity index (χ1v) is 11.1. The normalized spacial score (nSPS) is 16.7. The minimum Gasteiger partial charge on any atom is -0.477 e. The molecule has 2 aromatic carbocycles. The van der Waals surface area contributed by atoms with Gasteiger partial charge in [0.15, 0.2) is 0 Å². The summed E-state index contributed by atoms with van der Waals surface area (Å²) in [6.07, 6.45) is -8.40. The Labute approximate surface area is 203 Å². The zero-order valence-electron chi connectivity index (χ0n) is 19.4. The molecule has 4 nitrogen and oxygen atoms in total. The second kappa shape index (κ2) is 9.48. The number of alkyl halides is 6. The van der Waals surface area contributed by atoms with Crippen LogP contribution in [0.25, 0.3) is 11.1 Å². The minimum atomic E-state index is -4.98. The molecule has 0 saturated heterocycles. The molecular weight excluding hydrogens is 486 g/mol. The Kier molecular flexibility index (Phi) is 6.72. The van der Waals surface area contributed by atoms with Gasteiger partial charge in [-0.1, -0.05) is 37.3 Å². The molecule has 1 aromatic heterocycles. The van der Waals surface area contributed by atoms with Gasteiger partial charge in [0.2, 0.25) is 5.88 Å². The molecule has 3 aromatic rings. The van der Waals surface area contributed by atoms with E-state index in [1.807, 2.05) is 6.07 Å². The first-order chi connectivity index (χ1) is 16.8. The third kappa shape index (κ3) is 5.32. The second-order valence-corrected chi connectivity index (χ2v) is 8.88. The third-order valence-corrected chi connectivity index (χ3v) is 5.85. The van der Waals surface area contributed by atoms with Gasteiger partial charge in [-0.25, -0.2) is 4.98 Å². The van der Waals surface area contributed by atoms with Gasteiger partial charge >= 0.3 is 12.4 Å². The average molecular weight is 508 g/mol. The van der Waals surface area contributed by atoms with Crippen molar-refractivity contribution < 1.29 is 35.9 Å². The monoisotopic (exact) mass is 508 g/mol. The quantitative estimate of drug-likeness (QED) is 0.367. The Balaban J connectivity index is 1.82. The number of pyridine rings is 1. The number of nitrogens with zero attached hydrogens (tertiary/aromatic N) is 2. The van der Waals surface area contributed by atoms with Gasteiger partial charge in [-0.2, -0.15) is 26.3 Å². The van der Waals surface area contributed by atoms with Crippen molar-refractivity contribution in [1.29, 1.82) is 0 Å². The van der Waals surface area contributed by atoms with E-state index in [2.05, 4.69) is 4.98 Å². The number of carbonyl (C=O) groups is 1. The number of aryl methyl sites for hydroxylation is 1. The number of carbonyl (C=O) groups excluding carboxylic acids is 1. The number of amides is 1. The molecule has 1 aliphatic rings. The number of ether oxygens (including phenoxy) is 1. The molecule has 4 rings (SSSR count). The van der Waals surface area contributed by atoms with E-state index in [0.717, 1.165) is 0 Å². The molecule has 0 bridgehead atoms. The molecule has 36 heavy (non-hydrogen) atoms. The van der Waals surface area contributed by atoms with Crippen LogP contribution in [-0.4, -0.2) is 28.9 Å². The summed E-state index contributed by atoms with van der Waals surface area (Å²) in [7, 11) is 0. The highest BCUT2D eigenvalue weighted by molar-refractivity contribution is 6.03. The molecule has 190 valence electrons. The Morgan fingerprint density at radius 3 is 2.17 bits per heavy atom. The minimum absolute atomic E-state index is 0.0675.